The Labute approximate surface area is 165 Å². The highest BCUT2D eigenvalue weighted by Gasteiger charge is 2.14. The second kappa shape index (κ2) is 9.28. The number of carbonyl (C=O) groups is 1. The first-order valence-electron chi connectivity index (χ1n) is 9.11. The van der Waals surface area contributed by atoms with Gasteiger partial charge in [0.1, 0.15) is 0 Å². The lowest BCUT2D eigenvalue weighted by Crippen LogP contribution is -2.36. The smallest absolute Gasteiger partial charge is 0.203 e. The average Bonchev–Trinajstić information content (AvgIpc) is 2.77. The summed E-state index contributed by atoms with van der Waals surface area (Å²) in [4.78, 5) is 14.9. The van der Waals surface area contributed by atoms with Crippen molar-refractivity contribution in [3.63, 3.8) is 0 Å². The lowest BCUT2D eigenvalue weighted by atomic mass is 10.1. The maximum atomic E-state index is 12.7. The highest BCUT2D eigenvalue weighted by molar-refractivity contribution is 6.07. The quantitative estimate of drug-likeness (QED) is 0.539. The lowest BCUT2D eigenvalue weighted by Gasteiger charge is -2.29. The van der Waals surface area contributed by atoms with Gasteiger partial charge in [0, 0.05) is 24.3 Å². The molecule has 0 aromatic heterocycles. The minimum atomic E-state index is -0.0659. The molecule has 0 amide bonds. The first-order chi connectivity index (χ1) is 13.7. The van der Waals surface area contributed by atoms with Crippen LogP contribution in [0, 0.1) is 0 Å². The van der Waals surface area contributed by atoms with Crippen molar-refractivity contribution in [3.8, 4) is 17.2 Å². The summed E-state index contributed by atoms with van der Waals surface area (Å²) in [5.41, 5.74) is 2.47. The fourth-order valence-corrected chi connectivity index (χ4v) is 3.14. The minimum Gasteiger partial charge on any atom is -0.493 e. The highest BCUT2D eigenvalue weighted by Crippen LogP contribution is 2.38. The van der Waals surface area contributed by atoms with Gasteiger partial charge in [-0.05, 0) is 35.9 Å². The topological polar surface area (TPSA) is 57.2 Å². The predicted octanol–water partition coefficient (Wildman–Crippen LogP) is 3.45. The van der Waals surface area contributed by atoms with Crippen molar-refractivity contribution in [3.05, 3.63) is 53.6 Å². The molecule has 0 spiro atoms. The van der Waals surface area contributed by atoms with Crippen LogP contribution >= 0.6 is 0 Å². The van der Waals surface area contributed by atoms with E-state index in [0.29, 0.717) is 36.0 Å². The molecule has 0 radical (unpaired) electrons. The number of carbonyl (C=O) groups excluding carboxylic acids is 1. The molecular formula is C22H25NO5. The van der Waals surface area contributed by atoms with Gasteiger partial charge in [-0.25, -0.2) is 0 Å². The summed E-state index contributed by atoms with van der Waals surface area (Å²) >= 11 is 0. The number of benzene rings is 2. The fraction of sp³-hybridized carbons (Fsp3) is 0.318. The third-order valence-corrected chi connectivity index (χ3v) is 4.62. The van der Waals surface area contributed by atoms with Gasteiger partial charge in [-0.1, -0.05) is 18.2 Å². The third kappa shape index (κ3) is 4.46. The van der Waals surface area contributed by atoms with Crippen LogP contribution in [0.4, 0.5) is 5.69 Å². The van der Waals surface area contributed by atoms with Gasteiger partial charge < -0.3 is 23.8 Å². The zero-order chi connectivity index (χ0) is 19.9. The first kappa shape index (κ1) is 19.8. The molecule has 1 aliphatic rings. The molecule has 6 nitrogen and oxygen atoms in total. The lowest BCUT2D eigenvalue weighted by molar-refractivity contribution is 0.104. The van der Waals surface area contributed by atoms with Crippen LogP contribution < -0.4 is 19.1 Å². The van der Waals surface area contributed by atoms with E-state index < -0.39 is 0 Å². The number of ketones is 1. The Kier molecular flexibility index (Phi) is 6.55. The Hall–Kier alpha value is -2.99. The van der Waals surface area contributed by atoms with Crippen molar-refractivity contribution in [2.45, 2.75) is 0 Å². The number of morpholine rings is 1. The Morgan fingerprint density at radius 3 is 2.29 bits per heavy atom. The predicted molar refractivity (Wildman–Crippen MR) is 109 cm³/mol. The number of allylic oxidation sites excluding steroid dienone is 1. The minimum absolute atomic E-state index is 0.0659. The van der Waals surface area contributed by atoms with Crippen LogP contribution in [0.1, 0.15) is 15.9 Å². The number of hydrogen-bond donors (Lipinski definition) is 0. The van der Waals surface area contributed by atoms with Crippen molar-refractivity contribution >= 4 is 17.5 Å². The molecule has 1 aliphatic heterocycles. The molecule has 0 bridgehead atoms. The van der Waals surface area contributed by atoms with E-state index in [1.807, 2.05) is 24.3 Å². The van der Waals surface area contributed by atoms with E-state index in [1.165, 1.54) is 0 Å². The van der Waals surface area contributed by atoms with E-state index in [2.05, 4.69) is 4.90 Å². The number of methoxy groups -OCH3 is 3. The van der Waals surface area contributed by atoms with Crippen molar-refractivity contribution in [1.82, 2.24) is 0 Å². The summed E-state index contributed by atoms with van der Waals surface area (Å²) in [6.07, 6.45) is 3.30. The SMILES string of the molecule is COc1cc(C=CC(=O)c2cccc(N3CCOCC3)c2)cc(OC)c1OC. The standard InChI is InChI=1S/C22H25NO5/c1-25-20-13-16(14-21(26-2)22(20)27-3)7-8-19(24)17-5-4-6-18(15-17)23-9-11-28-12-10-23/h4-8,13-15H,9-12H2,1-3H3. The van der Waals surface area contributed by atoms with Crippen molar-refractivity contribution in [2.75, 3.05) is 52.5 Å². The van der Waals surface area contributed by atoms with Crippen LogP contribution in [-0.2, 0) is 4.74 Å². The molecule has 2 aromatic carbocycles. The molecule has 0 N–H and O–H groups in total. The van der Waals surface area contributed by atoms with E-state index in [-0.39, 0.29) is 5.78 Å². The summed E-state index contributed by atoms with van der Waals surface area (Å²) in [5.74, 6) is 1.54. The number of rotatable bonds is 7. The molecule has 1 saturated heterocycles. The summed E-state index contributed by atoms with van der Waals surface area (Å²) in [7, 11) is 4.68. The average molecular weight is 383 g/mol. The van der Waals surface area contributed by atoms with Crippen molar-refractivity contribution in [2.24, 2.45) is 0 Å². The van der Waals surface area contributed by atoms with E-state index in [9.17, 15) is 4.79 Å². The molecule has 1 heterocycles. The van der Waals surface area contributed by atoms with Gasteiger partial charge in [-0.3, -0.25) is 4.79 Å². The molecule has 28 heavy (non-hydrogen) atoms. The van der Waals surface area contributed by atoms with E-state index in [1.54, 1.807) is 45.6 Å². The van der Waals surface area contributed by atoms with Crippen LogP contribution in [0.15, 0.2) is 42.5 Å². The molecular weight excluding hydrogens is 358 g/mol. The summed E-state index contributed by atoms with van der Waals surface area (Å²) in [6, 6.07) is 11.3. The van der Waals surface area contributed by atoms with Crippen molar-refractivity contribution < 1.29 is 23.7 Å². The monoisotopic (exact) mass is 383 g/mol. The van der Waals surface area contributed by atoms with Gasteiger partial charge in [0.2, 0.25) is 5.75 Å². The number of hydrogen-bond acceptors (Lipinski definition) is 6. The van der Waals surface area contributed by atoms with Crippen LogP contribution in [0.25, 0.3) is 6.08 Å². The third-order valence-electron chi connectivity index (χ3n) is 4.62. The number of anilines is 1. The zero-order valence-electron chi connectivity index (χ0n) is 16.4. The van der Waals surface area contributed by atoms with Crippen LogP contribution in [0.3, 0.4) is 0 Å². The maximum Gasteiger partial charge on any atom is 0.203 e. The number of ether oxygens (including phenoxy) is 4. The normalized spacial score (nSPS) is 14.2. The van der Waals surface area contributed by atoms with Gasteiger partial charge in [0.25, 0.3) is 0 Å². The largest absolute Gasteiger partial charge is 0.493 e. The second-order valence-corrected chi connectivity index (χ2v) is 6.31. The Balaban J connectivity index is 1.80. The van der Waals surface area contributed by atoms with Gasteiger partial charge >= 0.3 is 0 Å². The zero-order valence-corrected chi connectivity index (χ0v) is 16.4. The van der Waals surface area contributed by atoms with Gasteiger partial charge in [0.15, 0.2) is 17.3 Å². The first-order valence-corrected chi connectivity index (χ1v) is 9.11. The van der Waals surface area contributed by atoms with Crippen LogP contribution in [0.2, 0.25) is 0 Å². The van der Waals surface area contributed by atoms with Gasteiger partial charge in [-0.15, -0.1) is 0 Å². The van der Waals surface area contributed by atoms with Crippen molar-refractivity contribution in [1.29, 1.82) is 0 Å². The maximum absolute atomic E-state index is 12.7. The molecule has 6 heteroatoms. The molecule has 2 aromatic rings. The Bertz CT molecular complexity index is 831. The summed E-state index contributed by atoms with van der Waals surface area (Å²) < 4.78 is 21.4. The second-order valence-electron chi connectivity index (χ2n) is 6.31. The molecule has 1 fully saturated rings. The summed E-state index contributed by atoms with van der Waals surface area (Å²) in [5, 5.41) is 0. The van der Waals surface area contributed by atoms with Gasteiger partial charge in [0.05, 0.1) is 34.5 Å². The molecule has 0 unspecified atom stereocenters. The molecule has 0 aliphatic carbocycles. The molecule has 3 rings (SSSR count). The molecule has 148 valence electrons. The van der Waals surface area contributed by atoms with E-state index in [4.69, 9.17) is 18.9 Å². The molecule has 0 saturated carbocycles. The van der Waals surface area contributed by atoms with E-state index in [0.717, 1.165) is 24.3 Å². The van der Waals surface area contributed by atoms with Gasteiger partial charge in [-0.2, -0.15) is 0 Å². The summed E-state index contributed by atoms with van der Waals surface area (Å²) in [6.45, 7) is 3.08. The Morgan fingerprint density at radius 2 is 1.68 bits per heavy atom. The highest BCUT2D eigenvalue weighted by atomic mass is 16.5. The van der Waals surface area contributed by atoms with E-state index >= 15 is 0 Å². The van der Waals surface area contributed by atoms with Crippen LogP contribution in [-0.4, -0.2) is 53.4 Å². The Morgan fingerprint density at radius 1 is 1.00 bits per heavy atom. The number of nitrogens with zero attached hydrogens (tertiary/aromatic N) is 1. The fourth-order valence-electron chi connectivity index (χ4n) is 3.14. The van der Waals surface area contributed by atoms with Crippen LogP contribution in [0.5, 0.6) is 17.2 Å². The molecule has 0 atom stereocenters.